The van der Waals surface area contributed by atoms with Crippen LogP contribution in [0.3, 0.4) is 0 Å². The molecule has 0 aliphatic rings. The van der Waals surface area contributed by atoms with Gasteiger partial charge in [0.2, 0.25) is 0 Å². The lowest BCUT2D eigenvalue weighted by Crippen LogP contribution is -2.29. The van der Waals surface area contributed by atoms with Crippen molar-refractivity contribution in [1.82, 2.24) is 0 Å². The third-order valence-corrected chi connectivity index (χ3v) is 1.49. The summed E-state index contributed by atoms with van der Waals surface area (Å²) in [6, 6.07) is 0. The summed E-state index contributed by atoms with van der Waals surface area (Å²) in [7, 11) is 0. The lowest BCUT2D eigenvalue weighted by atomic mass is 10.1. The van der Waals surface area contributed by atoms with Gasteiger partial charge in [-0.15, -0.1) is 0 Å². The van der Waals surface area contributed by atoms with Crippen molar-refractivity contribution < 1.29 is 30.6 Å². The van der Waals surface area contributed by atoms with Gasteiger partial charge < -0.3 is 30.6 Å². The lowest BCUT2D eigenvalue weighted by molar-refractivity contribution is 0.0141. The summed E-state index contributed by atoms with van der Waals surface area (Å²) in [6.45, 7) is 0.405. The molecule has 0 aromatic carbocycles. The first-order valence-electron chi connectivity index (χ1n) is 3.68. The molecule has 3 unspecified atom stereocenters. The van der Waals surface area contributed by atoms with Crippen molar-refractivity contribution in [3.63, 3.8) is 0 Å². The van der Waals surface area contributed by atoms with E-state index < -0.39 is 36.4 Å². The van der Waals surface area contributed by atoms with Gasteiger partial charge in [0.15, 0.2) is 11.5 Å². The zero-order valence-electron chi connectivity index (χ0n) is 7.12. The van der Waals surface area contributed by atoms with Crippen LogP contribution in [0.1, 0.15) is 6.92 Å². The van der Waals surface area contributed by atoms with Crippen LogP contribution in [0.15, 0.2) is 11.5 Å². The standard InChI is InChI=1S/C7H14O6/c1-3(9)5(11)7(13)6(12)4(10)2-8/h3-5,8-13H,2H2,1H3/b7-6-. The molecule has 0 bridgehead atoms. The summed E-state index contributed by atoms with van der Waals surface area (Å²) >= 11 is 0. The summed E-state index contributed by atoms with van der Waals surface area (Å²) in [5.41, 5.74) is 0. The largest absolute Gasteiger partial charge is 0.506 e. The van der Waals surface area contributed by atoms with Gasteiger partial charge in [0.05, 0.1) is 12.7 Å². The highest BCUT2D eigenvalue weighted by molar-refractivity contribution is 5.09. The zero-order valence-corrected chi connectivity index (χ0v) is 7.12. The molecule has 0 rings (SSSR count). The minimum Gasteiger partial charge on any atom is -0.506 e. The van der Waals surface area contributed by atoms with Crippen LogP contribution in [0.25, 0.3) is 0 Å². The van der Waals surface area contributed by atoms with E-state index in [4.69, 9.17) is 30.6 Å². The topological polar surface area (TPSA) is 121 Å². The molecule has 0 aliphatic carbocycles. The highest BCUT2D eigenvalue weighted by Gasteiger charge is 2.23. The molecule has 0 amide bonds. The third-order valence-electron chi connectivity index (χ3n) is 1.49. The number of hydrogen-bond donors (Lipinski definition) is 6. The van der Waals surface area contributed by atoms with Crippen molar-refractivity contribution in [2.24, 2.45) is 0 Å². The first-order chi connectivity index (χ1) is 5.91. The number of hydrogen-bond acceptors (Lipinski definition) is 6. The van der Waals surface area contributed by atoms with Crippen LogP contribution in [0.2, 0.25) is 0 Å². The fraction of sp³-hybridized carbons (Fsp3) is 0.714. The van der Waals surface area contributed by atoms with E-state index in [1.165, 1.54) is 6.92 Å². The van der Waals surface area contributed by atoms with E-state index >= 15 is 0 Å². The average molecular weight is 194 g/mol. The van der Waals surface area contributed by atoms with Gasteiger partial charge in [0, 0.05) is 0 Å². The zero-order chi connectivity index (χ0) is 10.6. The molecular formula is C7H14O6. The maximum atomic E-state index is 9.01. The molecule has 13 heavy (non-hydrogen) atoms. The quantitative estimate of drug-likeness (QED) is 0.300. The first kappa shape index (κ1) is 12.2. The number of rotatable bonds is 4. The molecule has 3 atom stereocenters. The molecule has 0 saturated heterocycles. The van der Waals surface area contributed by atoms with Crippen molar-refractivity contribution in [3.05, 3.63) is 11.5 Å². The van der Waals surface area contributed by atoms with Crippen molar-refractivity contribution >= 4 is 0 Å². The molecule has 0 saturated carbocycles. The van der Waals surface area contributed by atoms with E-state index in [2.05, 4.69) is 0 Å². The summed E-state index contributed by atoms with van der Waals surface area (Å²) in [4.78, 5) is 0. The van der Waals surface area contributed by atoms with Crippen LogP contribution in [0, 0.1) is 0 Å². The maximum absolute atomic E-state index is 9.01. The molecule has 6 nitrogen and oxygen atoms in total. The highest BCUT2D eigenvalue weighted by Crippen LogP contribution is 2.10. The predicted octanol–water partition coefficient (Wildman–Crippen LogP) is -1.59. The SMILES string of the molecule is CC(O)C(O)/C(O)=C(/O)C(O)CO. The van der Waals surface area contributed by atoms with Crippen LogP contribution in [0.4, 0.5) is 0 Å². The molecule has 0 aliphatic heterocycles. The Morgan fingerprint density at radius 2 is 1.54 bits per heavy atom. The van der Waals surface area contributed by atoms with E-state index in [-0.39, 0.29) is 0 Å². The van der Waals surface area contributed by atoms with Crippen LogP contribution in [-0.4, -0.2) is 55.6 Å². The summed E-state index contributed by atoms with van der Waals surface area (Å²) in [5, 5.41) is 52.9. The van der Waals surface area contributed by atoms with Gasteiger partial charge in [0.1, 0.15) is 12.2 Å². The second kappa shape index (κ2) is 5.03. The van der Waals surface area contributed by atoms with Crippen LogP contribution >= 0.6 is 0 Å². The molecule has 0 fully saturated rings. The average Bonchev–Trinajstić information content (AvgIpc) is 2.12. The first-order valence-corrected chi connectivity index (χ1v) is 3.68. The Kier molecular flexibility index (Phi) is 4.71. The van der Waals surface area contributed by atoms with E-state index in [1.807, 2.05) is 0 Å². The lowest BCUT2D eigenvalue weighted by Gasteiger charge is -2.15. The normalized spacial score (nSPS) is 20.4. The molecule has 0 aromatic rings. The van der Waals surface area contributed by atoms with Gasteiger partial charge in [-0.05, 0) is 6.92 Å². The molecule has 6 N–H and O–H groups in total. The maximum Gasteiger partial charge on any atom is 0.164 e. The fourth-order valence-corrected chi connectivity index (χ4v) is 0.637. The molecule has 0 spiro atoms. The van der Waals surface area contributed by atoms with Crippen molar-refractivity contribution in [2.75, 3.05) is 6.61 Å². The second-order valence-electron chi connectivity index (χ2n) is 2.65. The van der Waals surface area contributed by atoms with Gasteiger partial charge in [0.25, 0.3) is 0 Å². The van der Waals surface area contributed by atoms with Crippen LogP contribution in [-0.2, 0) is 0 Å². The van der Waals surface area contributed by atoms with Gasteiger partial charge in [-0.1, -0.05) is 0 Å². The summed E-state index contributed by atoms with van der Waals surface area (Å²) in [6.07, 6.45) is -4.62. The Morgan fingerprint density at radius 3 is 1.85 bits per heavy atom. The van der Waals surface area contributed by atoms with Gasteiger partial charge in [-0.25, -0.2) is 0 Å². The molecule has 78 valence electrons. The smallest absolute Gasteiger partial charge is 0.164 e. The minimum atomic E-state index is -1.68. The monoisotopic (exact) mass is 194 g/mol. The predicted molar refractivity (Wildman–Crippen MR) is 43.1 cm³/mol. The van der Waals surface area contributed by atoms with E-state index in [9.17, 15) is 0 Å². The third kappa shape index (κ3) is 3.19. The van der Waals surface area contributed by atoms with Crippen LogP contribution < -0.4 is 0 Å². The summed E-state index contributed by atoms with van der Waals surface area (Å²) < 4.78 is 0. The minimum absolute atomic E-state index is 0.789. The number of aliphatic hydroxyl groups excluding tert-OH is 6. The molecule has 6 heteroatoms. The van der Waals surface area contributed by atoms with E-state index in [0.717, 1.165) is 0 Å². The molecule has 0 radical (unpaired) electrons. The van der Waals surface area contributed by atoms with Gasteiger partial charge >= 0.3 is 0 Å². The van der Waals surface area contributed by atoms with E-state index in [1.54, 1.807) is 0 Å². The molecule has 0 aromatic heterocycles. The Labute approximate surface area is 75.0 Å². The summed E-state index contributed by atoms with van der Waals surface area (Å²) in [5.74, 6) is -1.90. The van der Waals surface area contributed by atoms with Crippen molar-refractivity contribution in [3.8, 4) is 0 Å². The van der Waals surface area contributed by atoms with E-state index in [0.29, 0.717) is 0 Å². The second-order valence-corrected chi connectivity index (χ2v) is 2.65. The Balaban J connectivity index is 4.60. The van der Waals surface area contributed by atoms with Crippen molar-refractivity contribution in [1.29, 1.82) is 0 Å². The van der Waals surface area contributed by atoms with Gasteiger partial charge in [-0.2, -0.15) is 0 Å². The molecule has 0 heterocycles. The highest BCUT2D eigenvalue weighted by atomic mass is 16.4. The number of aliphatic hydroxyl groups is 6. The Morgan fingerprint density at radius 1 is 1.08 bits per heavy atom. The molecular weight excluding hydrogens is 180 g/mol. The van der Waals surface area contributed by atoms with Gasteiger partial charge in [-0.3, -0.25) is 0 Å². The van der Waals surface area contributed by atoms with Crippen LogP contribution in [0.5, 0.6) is 0 Å². The Bertz CT molecular complexity index is 187. The van der Waals surface area contributed by atoms with Crippen molar-refractivity contribution in [2.45, 2.75) is 25.2 Å². The fourth-order valence-electron chi connectivity index (χ4n) is 0.637. The Hall–Kier alpha value is -0.820.